The van der Waals surface area contributed by atoms with E-state index in [4.69, 9.17) is 22.3 Å². The number of hydrogen-bond acceptors (Lipinski definition) is 8. The third-order valence-electron chi connectivity index (χ3n) is 6.09. The highest BCUT2D eigenvalue weighted by atomic mass is 16.4. The molecule has 0 bridgehead atoms. The molecule has 42 heavy (non-hydrogen) atoms. The van der Waals surface area contributed by atoms with Crippen LogP contribution in [0.4, 0.5) is 0 Å². The summed E-state index contributed by atoms with van der Waals surface area (Å²) >= 11 is 0. The summed E-state index contributed by atoms with van der Waals surface area (Å²) in [6.07, 6.45) is 2.34. The molecule has 0 aliphatic rings. The Hall–Kier alpha value is -4.99. The van der Waals surface area contributed by atoms with Crippen LogP contribution in [0.3, 0.4) is 0 Å². The molecule has 4 atom stereocenters. The Morgan fingerprint density at radius 3 is 2.12 bits per heavy atom. The number of aromatic amines is 1. The molecular weight excluding hydrogens is 550 g/mol. The SMILES string of the molecule is NC(N)=NCCCC(NC(=O)C(CCC(=O)O)NC(=O)C(Cc1cnc[nH]1)NC(=O)C(N)Cc1ccccc1)C(=O)O. The molecule has 0 aliphatic carbocycles. The number of H-pyrrole nitrogens is 1. The molecular formula is C26H37N9O7. The highest BCUT2D eigenvalue weighted by molar-refractivity contribution is 5.94. The molecule has 0 saturated heterocycles. The highest BCUT2D eigenvalue weighted by Gasteiger charge is 2.31. The van der Waals surface area contributed by atoms with Gasteiger partial charge in [0.1, 0.15) is 18.1 Å². The Kier molecular flexibility index (Phi) is 13.4. The zero-order valence-electron chi connectivity index (χ0n) is 22.9. The lowest BCUT2D eigenvalue weighted by atomic mass is 10.0. The van der Waals surface area contributed by atoms with Gasteiger partial charge >= 0.3 is 11.9 Å². The fraction of sp³-hybridized carbons (Fsp3) is 0.423. The Balaban J connectivity index is 2.16. The van der Waals surface area contributed by atoms with Gasteiger partial charge in [-0.05, 0) is 31.2 Å². The van der Waals surface area contributed by atoms with Crippen molar-refractivity contribution in [3.8, 4) is 0 Å². The van der Waals surface area contributed by atoms with E-state index in [9.17, 15) is 29.1 Å². The van der Waals surface area contributed by atoms with Crippen LogP contribution in [0.15, 0.2) is 47.8 Å². The number of amides is 3. The summed E-state index contributed by atoms with van der Waals surface area (Å²) in [4.78, 5) is 72.8. The molecule has 3 amide bonds. The normalized spacial score (nSPS) is 13.5. The van der Waals surface area contributed by atoms with Gasteiger partial charge in [-0.1, -0.05) is 30.3 Å². The second kappa shape index (κ2) is 17.0. The maximum absolute atomic E-state index is 13.4. The minimum Gasteiger partial charge on any atom is -0.481 e. The fourth-order valence-corrected chi connectivity index (χ4v) is 3.91. The first-order valence-corrected chi connectivity index (χ1v) is 13.1. The number of benzene rings is 1. The number of guanidine groups is 1. The van der Waals surface area contributed by atoms with Gasteiger partial charge in [0.05, 0.1) is 12.4 Å². The first-order valence-electron chi connectivity index (χ1n) is 13.1. The number of rotatable bonds is 18. The van der Waals surface area contributed by atoms with Crippen LogP contribution in [0.5, 0.6) is 0 Å². The number of carbonyl (C=O) groups excluding carboxylic acids is 3. The number of carboxylic acids is 2. The Morgan fingerprint density at radius 1 is 0.881 bits per heavy atom. The van der Waals surface area contributed by atoms with Crippen molar-refractivity contribution in [2.75, 3.05) is 6.54 Å². The van der Waals surface area contributed by atoms with Crippen LogP contribution in [-0.4, -0.2) is 86.5 Å². The minimum atomic E-state index is -1.42. The van der Waals surface area contributed by atoms with Crippen molar-refractivity contribution in [2.45, 2.75) is 62.7 Å². The molecule has 228 valence electrons. The number of nitrogens with two attached hydrogens (primary N) is 3. The van der Waals surface area contributed by atoms with Crippen LogP contribution in [0, 0.1) is 0 Å². The lowest BCUT2D eigenvalue weighted by Crippen LogP contribution is -2.57. The van der Waals surface area contributed by atoms with E-state index in [2.05, 4.69) is 30.9 Å². The predicted molar refractivity (Wildman–Crippen MR) is 151 cm³/mol. The number of aliphatic carboxylic acids is 2. The molecule has 2 rings (SSSR count). The van der Waals surface area contributed by atoms with Crippen LogP contribution in [0.25, 0.3) is 0 Å². The van der Waals surface area contributed by atoms with Gasteiger partial charge in [0.25, 0.3) is 0 Å². The molecule has 0 fully saturated rings. The standard InChI is InChI=1S/C26H37N9O7/c27-17(11-15-5-2-1-3-6-15)22(38)35-20(12-16-13-30-14-32-16)24(40)33-18(8-9-21(36)37)23(39)34-19(25(41)42)7-4-10-31-26(28)29/h1-3,5-6,13-14,17-20H,4,7-12,27H2,(H,30,32)(H,33,40)(H,34,39)(H,35,38)(H,36,37)(H,41,42)(H4,28,29,31). The lowest BCUT2D eigenvalue weighted by molar-refractivity contribution is -0.143. The molecule has 16 nitrogen and oxygen atoms in total. The summed E-state index contributed by atoms with van der Waals surface area (Å²) in [5, 5.41) is 26.1. The number of nitrogens with one attached hydrogen (secondary N) is 4. The van der Waals surface area contributed by atoms with E-state index < -0.39 is 60.2 Å². The molecule has 2 aromatic rings. The fourth-order valence-electron chi connectivity index (χ4n) is 3.91. The Labute approximate surface area is 241 Å². The Bertz CT molecular complexity index is 1220. The molecule has 0 spiro atoms. The van der Waals surface area contributed by atoms with Crippen LogP contribution in [0.1, 0.15) is 36.9 Å². The zero-order valence-corrected chi connectivity index (χ0v) is 22.9. The van der Waals surface area contributed by atoms with Crippen LogP contribution in [0.2, 0.25) is 0 Å². The second-order valence-electron chi connectivity index (χ2n) is 9.48. The molecule has 1 heterocycles. The average Bonchev–Trinajstić information content (AvgIpc) is 3.45. The molecule has 4 unspecified atom stereocenters. The summed E-state index contributed by atoms with van der Waals surface area (Å²) in [7, 11) is 0. The quantitative estimate of drug-likeness (QED) is 0.0521. The van der Waals surface area contributed by atoms with Crippen molar-refractivity contribution >= 4 is 35.6 Å². The molecule has 12 N–H and O–H groups in total. The van der Waals surface area contributed by atoms with E-state index in [1.165, 1.54) is 12.5 Å². The third kappa shape index (κ3) is 12.0. The van der Waals surface area contributed by atoms with Crippen molar-refractivity contribution in [2.24, 2.45) is 22.2 Å². The number of aromatic nitrogens is 2. The van der Waals surface area contributed by atoms with E-state index in [0.717, 1.165) is 5.56 Å². The van der Waals surface area contributed by atoms with Gasteiger partial charge < -0.3 is 48.3 Å². The van der Waals surface area contributed by atoms with Gasteiger partial charge in [-0.2, -0.15) is 0 Å². The first-order chi connectivity index (χ1) is 20.0. The number of hydrogen-bond donors (Lipinski definition) is 9. The van der Waals surface area contributed by atoms with Crippen LogP contribution in [-0.2, 0) is 36.8 Å². The van der Waals surface area contributed by atoms with Gasteiger partial charge in [0.2, 0.25) is 17.7 Å². The predicted octanol–water partition coefficient (Wildman–Crippen LogP) is -2.02. The minimum absolute atomic E-state index is 0.0325. The number of nitrogens with zero attached hydrogens (tertiary/aromatic N) is 2. The number of aliphatic imine (C=N–C) groups is 1. The van der Waals surface area contributed by atoms with Gasteiger partial charge in [-0.3, -0.25) is 24.2 Å². The van der Waals surface area contributed by atoms with Crippen molar-refractivity contribution in [1.82, 2.24) is 25.9 Å². The van der Waals surface area contributed by atoms with Gasteiger partial charge in [0, 0.05) is 31.3 Å². The van der Waals surface area contributed by atoms with E-state index in [1.54, 1.807) is 24.3 Å². The zero-order chi connectivity index (χ0) is 31.1. The monoisotopic (exact) mass is 587 g/mol. The second-order valence-corrected chi connectivity index (χ2v) is 9.48. The highest BCUT2D eigenvalue weighted by Crippen LogP contribution is 2.07. The van der Waals surface area contributed by atoms with Gasteiger partial charge in [-0.15, -0.1) is 0 Å². The molecule has 0 radical (unpaired) electrons. The van der Waals surface area contributed by atoms with Crippen molar-refractivity contribution in [1.29, 1.82) is 0 Å². The van der Waals surface area contributed by atoms with Crippen molar-refractivity contribution in [3.63, 3.8) is 0 Å². The molecule has 0 aliphatic heterocycles. The van der Waals surface area contributed by atoms with E-state index in [1.807, 2.05) is 6.07 Å². The number of carboxylic acid groups (broad SMARTS) is 2. The summed E-state index contributed by atoms with van der Waals surface area (Å²) in [5.41, 5.74) is 17.9. The summed E-state index contributed by atoms with van der Waals surface area (Å²) in [6.45, 7) is 0.128. The van der Waals surface area contributed by atoms with Gasteiger partial charge in [0.15, 0.2) is 5.96 Å². The first kappa shape index (κ1) is 33.2. The van der Waals surface area contributed by atoms with Crippen LogP contribution < -0.4 is 33.2 Å². The lowest BCUT2D eigenvalue weighted by Gasteiger charge is -2.25. The van der Waals surface area contributed by atoms with E-state index in [-0.39, 0.29) is 44.6 Å². The van der Waals surface area contributed by atoms with Gasteiger partial charge in [-0.25, -0.2) is 9.78 Å². The van der Waals surface area contributed by atoms with Crippen molar-refractivity contribution in [3.05, 3.63) is 54.1 Å². The summed E-state index contributed by atoms with van der Waals surface area (Å²) < 4.78 is 0. The smallest absolute Gasteiger partial charge is 0.326 e. The largest absolute Gasteiger partial charge is 0.481 e. The van der Waals surface area contributed by atoms with Crippen LogP contribution >= 0.6 is 0 Å². The molecule has 0 saturated carbocycles. The number of imidazole rings is 1. The molecule has 1 aromatic carbocycles. The topological polar surface area (TPSA) is 281 Å². The summed E-state index contributed by atoms with van der Waals surface area (Å²) in [5.74, 6) is -5.09. The average molecular weight is 588 g/mol. The third-order valence-corrected chi connectivity index (χ3v) is 6.09. The maximum Gasteiger partial charge on any atom is 0.326 e. The Morgan fingerprint density at radius 2 is 1.52 bits per heavy atom. The molecule has 1 aromatic heterocycles. The summed E-state index contributed by atoms with van der Waals surface area (Å²) in [6, 6.07) is 4.03. The maximum atomic E-state index is 13.4. The molecule has 16 heteroatoms. The number of carbonyl (C=O) groups is 5. The van der Waals surface area contributed by atoms with Crippen molar-refractivity contribution < 1.29 is 34.2 Å². The van der Waals surface area contributed by atoms with E-state index in [0.29, 0.717) is 5.69 Å². The van der Waals surface area contributed by atoms with E-state index >= 15 is 0 Å².